The number of nitrogens with zero attached hydrogens (tertiary/aromatic N) is 1. The first kappa shape index (κ1) is 14.8. The molecular formula is C15H21NO4. The summed E-state index contributed by atoms with van der Waals surface area (Å²) in [6.07, 6.45) is 2.48. The molecule has 0 spiro atoms. The Labute approximate surface area is 119 Å². The van der Waals surface area contributed by atoms with Crippen LogP contribution in [0.2, 0.25) is 0 Å². The van der Waals surface area contributed by atoms with Crippen molar-refractivity contribution in [3.8, 4) is 5.75 Å². The largest absolute Gasteiger partial charge is 0.493 e. The fraction of sp³-hybridized carbons (Fsp3) is 0.533. The fourth-order valence-corrected chi connectivity index (χ4v) is 2.30. The highest BCUT2D eigenvalue weighted by molar-refractivity contribution is 6.04. The van der Waals surface area contributed by atoms with Crippen LogP contribution in [0.15, 0.2) is 23.4 Å². The van der Waals surface area contributed by atoms with Gasteiger partial charge >= 0.3 is 0 Å². The summed E-state index contributed by atoms with van der Waals surface area (Å²) < 4.78 is 16.1. The molecule has 5 nitrogen and oxygen atoms in total. The maximum Gasteiger partial charge on any atom is 0.123 e. The van der Waals surface area contributed by atoms with E-state index in [-0.39, 0.29) is 0 Å². The highest BCUT2D eigenvalue weighted by Crippen LogP contribution is 2.30. The summed E-state index contributed by atoms with van der Waals surface area (Å²) in [5, 5.41) is 12.3. The van der Waals surface area contributed by atoms with E-state index in [2.05, 4.69) is 5.16 Å². The molecule has 0 radical (unpaired) electrons. The third-order valence-electron chi connectivity index (χ3n) is 3.30. The molecule has 0 atom stereocenters. The van der Waals surface area contributed by atoms with Crippen LogP contribution in [-0.4, -0.2) is 44.5 Å². The molecule has 1 aromatic rings. The van der Waals surface area contributed by atoms with E-state index in [4.69, 9.17) is 19.4 Å². The molecule has 0 unspecified atom stereocenters. The minimum absolute atomic E-state index is 0.619. The fourth-order valence-electron chi connectivity index (χ4n) is 2.30. The topological polar surface area (TPSA) is 60.3 Å². The van der Waals surface area contributed by atoms with Crippen molar-refractivity contribution in [1.82, 2.24) is 0 Å². The zero-order valence-electron chi connectivity index (χ0n) is 11.8. The van der Waals surface area contributed by atoms with Gasteiger partial charge in [-0.1, -0.05) is 17.3 Å². The number of hydrogen-bond acceptors (Lipinski definition) is 5. The Morgan fingerprint density at radius 3 is 2.85 bits per heavy atom. The maximum absolute atomic E-state index is 8.94. The number of oxime groups is 1. The lowest BCUT2D eigenvalue weighted by Gasteiger charge is -2.10. The van der Waals surface area contributed by atoms with Gasteiger partial charge in [0.05, 0.1) is 25.5 Å². The Balaban J connectivity index is 1.79. The van der Waals surface area contributed by atoms with Crippen LogP contribution < -0.4 is 4.74 Å². The highest BCUT2D eigenvalue weighted by atomic mass is 16.5. The van der Waals surface area contributed by atoms with Crippen LogP contribution in [0.1, 0.15) is 24.0 Å². The molecule has 1 N–H and O–H groups in total. The summed E-state index contributed by atoms with van der Waals surface area (Å²) in [4.78, 5) is 0. The van der Waals surface area contributed by atoms with E-state index in [9.17, 15) is 0 Å². The van der Waals surface area contributed by atoms with Crippen LogP contribution >= 0.6 is 0 Å². The first-order valence-electron chi connectivity index (χ1n) is 6.89. The van der Waals surface area contributed by atoms with Gasteiger partial charge in [-0.15, -0.1) is 0 Å². The van der Waals surface area contributed by atoms with E-state index in [0.29, 0.717) is 26.4 Å². The molecule has 0 saturated heterocycles. The average Bonchev–Trinajstić information content (AvgIpc) is 2.90. The van der Waals surface area contributed by atoms with Crippen molar-refractivity contribution in [2.75, 3.05) is 33.5 Å². The van der Waals surface area contributed by atoms with Crippen molar-refractivity contribution in [1.29, 1.82) is 0 Å². The van der Waals surface area contributed by atoms with Gasteiger partial charge in [-0.25, -0.2) is 0 Å². The third-order valence-corrected chi connectivity index (χ3v) is 3.30. The summed E-state index contributed by atoms with van der Waals surface area (Å²) in [5.74, 6) is 0.887. The van der Waals surface area contributed by atoms with Crippen LogP contribution in [-0.2, 0) is 15.9 Å². The Hall–Kier alpha value is -1.59. The van der Waals surface area contributed by atoms with Crippen molar-refractivity contribution >= 4 is 5.71 Å². The van der Waals surface area contributed by atoms with Crippen LogP contribution in [0.5, 0.6) is 5.75 Å². The van der Waals surface area contributed by atoms with Gasteiger partial charge in [0.1, 0.15) is 5.75 Å². The van der Waals surface area contributed by atoms with E-state index in [0.717, 1.165) is 41.9 Å². The Morgan fingerprint density at radius 1 is 1.15 bits per heavy atom. The molecule has 5 heteroatoms. The highest BCUT2D eigenvalue weighted by Gasteiger charge is 2.21. The van der Waals surface area contributed by atoms with Crippen molar-refractivity contribution in [2.24, 2.45) is 5.16 Å². The van der Waals surface area contributed by atoms with Crippen LogP contribution in [0.3, 0.4) is 0 Å². The summed E-state index contributed by atoms with van der Waals surface area (Å²) in [6.45, 7) is 2.53. The van der Waals surface area contributed by atoms with Gasteiger partial charge in [-0.3, -0.25) is 0 Å². The standard InChI is InChI=1S/C15H21NO4/c1-18-10-11-19-8-3-9-20-15-5-2-4-12-13(15)6-7-14(12)16-17/h2,4-5,17H,3,6-11H2,1H3/b16-14+. The van der Waals surface area contributed by atoms with Gasteiger partial charge in [0.2, 0.25) is 0 Å². The lowest BCUT2D eigenvalue weighted by Crippen LogP contribution is -2.07. The number of hydrogen-bond donors (Lipinski definition) is 1. The second-order valence-corrected chi connectivity index (χ2v) is 4.64. The van der Waals surface area contributed by atoms with Crippen molar-refractivity contribution < 1.29 is 19.4 Å². The smallest absolute Gasteiger partial charge is 0.123 e. The molecule has 0 saturated carbocycles. The molecule has 1 aliphatic carbocycles. The predicted octanol–water partition coefficient (Wildman–Crippen LogP) is 2.24. The molecule has 0 aliphatic heterocycles. The van der Waals surface area contributed by atoms with E-state index in [1.165, 1.54) is 0 Å². The zero-order chi connectivity index (χ0) is 14.2. The van der Waals surface area contributed by atoms with Crippen LogP contribution in [0.25, 0.3) is 0 Å². The average molecular weight is 279 g/mol. The van der Waals surface area contributed by atoms with Gasteiger partial charge in [0.15, 0.2) is 0 Å². The number of methoxy groups -OCH3 is 1. The Kier molecular flexibility index (Phi) is 5.83. The molecule has 110 valence electrons. The van der Waals surface area contributed by atoms with E-state index in [1.54, 1.807) is 7.11 Å². The lowest BCUT2D eigenvalue weighted by molar-refractivity contribution is 0.0644. The predicted molar refractivity (Wildman–Crippen MR) is 75.9 cm³/mol. The molecule has 1 aliphatic rings. The van der Waals surface area contributed by atoms with Gasteiger partial charge in [-0.2, -0.15) is 0 Å². The Morgan fingerprint density at radius 2 is 2.05 bits per heavy atom. The molecule has 2 rings (SSSR count). The number of ether oxygens (including phenoxy) is 3. The summed E-state index contributed by atoms with van der Waals surface area (Å²) in [5.41, 5.74) is 2.88. The quantitative estimate of drug-likeness (QED) is 0.450. The third kappa shape index (κ3) is 3.71. The number of rotatable bonds is 8. The monoisotopic (exact) mass is 279 g/mol. The van der Waals surface area contributed by atoms with Gasteiger partial charge in [-0.05, 0) is 18.9 Å². The second kappa shape index (κ2) is 7.87. The number of benzene rings is 1. The molecule has 20 heavy (non-hydrogen) atoms. The SMILES string of the molecule is COCCOCCCOc1cccc2c1CC/C2=N\O. The summed E-state index contributed by atoms with van der Waals surface area (Å²) in [7, 11) is 1.66. The molecular weight excluding hydrogens is 258 g/mol. The van der Waals surface area contributed by atoms with Crippen LogP contribution in [0.4, 0.5) is 0 Å². The molecule has 0 aromatic heterocycles. The van der Waals surface area contributed by atoms with Gasteiger partial charge < -0.3 is 19.4 Å². The van der Waals surface area contributed by atoms with Crippen molar-refractivity contribution in [3.05, 3.63) is 29.3 Å². The van der Waals surface area contributed by atoms with Crippen LogP contribution in [0, 0.1) is 0 Å². The molecule has 0 fully saturated rings. The minimum Gasteiger partial charge on any atom is -0.493 e. The molecule has 0 amide bonds. The zero-order valence-corrected chi connectivity index (χ0v) is 11.8. The summed E-state index contributed by atoms with van der Waals surface area (Å²) in [6, 6.07) is 5.86. The van der Waals surface area contributed by atoms with E-state index < -0.39 is 0 Å². The first-order chi connectivity index (χ1) is 9.86. The van der Waals surface area contributed by atoms with Gasteiger partial charge in [0.25, 0.3) is 0 Å². The normalized spacial score (nSPS) is 15.6. The maximum atomic E-state index is 8.94. The summed E-state index contributed by atoms with van der Waals surface area (Å²) >= 11 is 0. The molecule has 0 bridgehead atoms. The minimum atomic E-state index is 0.619. The van der Waals surface area contributed by atoms with Crippen molar-refractivity contribution in [3.63, 3.8) is 0 Å². The van der Waals surface area contributed by atoms with E-state index >= 15 is 0 Å². The number of fused-ring (bicyclic) bond motifs is 1. The lowest BCUT2D eigenvalue weighted by atomic mass is 10.1. The first-order valence-corrected chi connectivity index (χ1v) is 6.89. The molecule has 1 aromatic carbocycles. The van der Waals surface area contributed by atoms with E-state index in [1.807, 2.05) is 18.2 Å². The second-order valence-electron chi connectivity index (χ2n) is 4.64. The Bertz CT molecular complexity index is 459. The molecule has 0 heterocycles. The van der Waals surface area contributed by atoms with Crippen molar-refractivity contribution in [2.45, 2.75) is 19.3 Å². The van der Waals surface area contributed by atoms with Gasteiger partial charge in [0, 0.05) is 31.3 Å².